The van der Waals surface area contributed by atoms with Gasteiger partial charge in [0.2, 0.25) is 5.91 Å². The van der Waals surface area contributed by atoms with Crippen LogP contribution >= 0.6 is 0 Å². The highest BCUT2D eigenvalue weighted by Crippen LogP contribution is 2.29. The molecule has 1 fully saturated rings. The molecular weight excluding hydrogens is 388 g/mol. The number of hydrogen-bond acceptors (Lipinski definition) is 5. The molecule has 7 nitrogen and oxygen atoms in total. The highest BCUT2D eigenvalue weighted by Gasteiger charge is 2.28. The largest absolute Gasteiger partial charge is 0.355 e. The first-order chi connectivity index (χ1) is 15.3. The molecule has 3 aromatic rings. The first kappa shape index (κ1) is 20.0. The van der Waals surface area contributed by atoms with E-state index in [9.17, 15) is 4.79 Å². The van der Waals surface area contributed by atoms with Crippen LogP contribution in [0.4, 0.5) is 5.82 Å². The first-order valence-corrected chi connectivity index (χ1v) is 11.6. The monoisotopic (exact) mass is 418 g/mol. The van der Waals surface area contributed by atoms with Gasteiger partial charge in [-0.3, -0.25) is 4.79 Å². The summed E-state index contributed by atoms with van der Waals surface area (Å²) in [6.07, 6.45) is 9.01. The number of carbonyl (C=O) groups is 1. The molecule has 0 unspecified atom stereocenters. The molecule has 0 spiro atoms. The van der Waals surface area contributed by atoms with Gasteiger partial charge in [0.1, 0.15) is 12.2 Å². The topological polar surface area (TPSA) is 75.9 Å². The number of fused-ring (bicyclic) bond motifs is 3. The molecule has 0 aliphatic carbocycles. The lowest BCUT2D eigenvalue weighted by Crippen LogP contribution is -2.44. The summed E-state index contributed by atoms with van der Waals surface area (Å²) in [5.41, 5.74) is 3.08. The number of piperidine rings is 1. The van der Waals surface area contributed by atoms with Gasteiger partial charge in [-0.2, -0.15) is 0 Å². The summed E-state index contributed by atoms with van der Waals surface area (Å²) in [4.78, 5) is 29.2. The third-order valence-electron chi connectivity index (χ3n) is 6.52. The Balaban J connectivity index is 1.28. The van der Waals surface area contributed by atoms with E-state index in [-0.39, 0.29) is 11.8 Å². The number of imidazole rings is 1. The number of nitrogens with zero attached hydrogens (tertiary/aromatic N) is 5. The lowest BCUT2D eigenvalue weighted by Gasteiger charge is -2.32. The molecule has 4 heterocycles. The second kappa shape index (κ2) is 9.04. The summed E-state index contributed by atoms with van der Waals surface area (Å²) in [7, 11) is 0. The Morgan fingerprint density at radius 1 is 1.06 bits per heavy atom. The van der Waals surface area contributed by atoms with Gasteiger partial charge in [0.25, 0.3) is 0 Å². The van der Waals surface area contributed by atoms with Crippen molar-refractivity contribution in [3.8, 4) is 0 Å². The van der Waals surface area contributed by atoms with E-state index in [1.54, 1.807) is 6.33 Å². The number of aromatic nitrogens is 4. The number of amides is 1. The molecule has 0 bridgehead atoms. The summed E-state index contributed by atoms with van der Waals surface area (Å²) in [6, 6.07) is 10.3. The Labute approximate surface area is 182 Å². The van der Waals surface area contributed by atoms with Crippen LogP contribution in [-0.4, -0.2) is 45.1 Å². The molecule has 0 saturated carbocycles. The number of aryl methyl sites for hydroxylation is 2. The molecule has 7 heteroatoms. The van der Waals surface area contributed by atoms with E-state index < -0.39 is 0 Å². The summed E-state index contributed by atoms with van der Waals surface area (Å²) in [6.45, 7) is 3.24. The molecule has 2 aliphatic heterocycles. The highest BCUT2D eigenvalue weighted by molar-refractivity contribution is 5.85. The average molecular weight is 419 g/mol. The van der Waals surface area contributed by atoms with Crippen LogP contribution in [0, 0.1) is 5.92 Å². The Morgan fingerprint density at radius 2 is 1.97 bits per heavy atom. The van der Waals surface area contributed by atoms with E-state index >= 15 is 0 Å². The predicted molar refractivity (Wildman–Crippen MR) is 121 cm³/mol. The fraction of sp³-hybridized carbons (Fsp3) is 0.500. The van der Waals surface area contributed by atoms with E-state index in [0.717, 1.165) is 61.6 Å². The molecule has 1 saturated heterocycles. The van der Waals surface area contributed by atoms with Crippen LogP contribution in [-0.2, 0) is 24.2 Å². The minimum absolute atomic E-state index is 0.0185. The fourth-order valence-electron chi connectivity index (χ4n) is 4.86. The van der Waals surface area contributed by atoms with Gasteiger partial charge in [0.15, 0.2) is 17.0 Å². The third-order valence-corrected chi connectivity index (χ3v) is 6.52. The molecule has 1 aromatic carbocycles. The molecular formula is C24H30N6O. The van der Waals surface area contributed by atoms with Crippen LogP contribution in [0.15, 0.2) is 36.7 Å². The SMILES string of the molecule is O=C(NCCc1ccccc1)[C@@H]1CCCN(c2ncnc3c2nc2n3CCCCC2)C1. The van der Waals surface area contributed by atoms with Crippen molar-refractivity contribution in [1.82, 2.24) is 24.8 Å². The summed E-state index contributed by atoms with van der Waals surface area (Å²) in [5, 5.41) is 3.14. The predicted octanol–water partition coefficient (Wildman–Crippen LogP) is 3.13. The first-order valence-electron chi connectivity index (χ1n) is 11.6. The molecule has 31 heavy (non-hydrogen) atoms. The maximum Gasteiger partial charge on any atom is 0.224 e. The Morgan fingerprint density at radius 3 is 2.87 bits per heavy atom. The average Bonchev–Trinajstić information content (AvgIpc) is 3.00. The van der Waals surface area contributed by atoms with Crippen LogP contribution < -0.4 is 10.2 Å². The number of carbonyl (C=O) groups excluding carboxylic acids is 1. The Bertz CT molecular complexity index is 1050. The van der Waals surface area contributed by atoms with Crippen molar-refractivity contribution in [2.24, 2.45) is 5.92 Å². The Hall–Kier alpha value is -2.96. The van der Waals surface area contributed by atoms with Crippen LogP contribution in [0.2, 0.25) is 0 Å². The van der Waals surface area contributed by atoms with Gasteiger partial charge in [-0.25, -0.2) is 15.0 Å². The zero-order valence-corrected chi connectivity index (χ0v) is 18.0. The van der Waals surface area contributed by atoms with Crippen molar-refractivity contribution in [3.63, 3.8) is 0 Å². The molecule has 2 aromatic heterocycles. The van der Waals surface area contributed by atoms with Gasteiger partial charge in [-0.1, -0.05) is 36.8 Å². The van der Waals surface area contributed by atoms with Crippen molar-refractivity contribution in [2.75, 3.05) is 24.5 Å². The van der Waals surface area contributed by atoms with Crippen molar-refractivity contribution in [2.45, 2.75) is 51.5 Å². The van der Waals surface area contributed by atoms with Crippen LogP contribution in [0.3, 0.4) is 0 Å². The summed E-state index contributed by atoms with van der Waals surface area (Å²) < 4.78 is 2.27. The van der Waals surface area contributed by atoms with Gasteiger partial charge >= 0.3 is 0 Å². The zero-order chi connectivity index (χ0) is 21.0. The number of rotatable bonds is 5. The number of benzene rings is 1. The van der Waals surface area contributed by atoms with Gasteiger partial charge in [0.05, 0.1) is 5.92 Å². The normalized spacial score (nSPS) is 19.1. The van der Waals surface area contributed by atoms with E-state index in [2.05, 4.69) is 36.9 Å². The van der Waals surface area contributed by atoms with Crippen molar-refractivity contribution in [1.29, 1.82) is 0 Å². The minimum Gasteiger partial charge on any atom is -0.355 e. The molecule has 1 amide bonds. The Kier molecular flexibility index (Phi) is 5.82. The van der Waals surface area contributed by atoms with Crippen LogP contribution in [0.5, 0.6) is 0 Å². The standard InChI is InChI=1S/C24H30N6O/c31-24(25-13-12-18-8-3-1-4-9-18)19-10-7-14-29(16-19)22-21-23(27-17-26-22)30-15-6-2-5-11-20(30)28-21/h1,3-4,8-9,17,19H,2,5-7,10-16H2,(H,25,31)/t19-/m1/s1. The minimum atomic E-state index is -0.0185. The fourth-order valence-corrected chi connectivity index (χ4v) is 4.86. The molecule has 0 radical (unpaired) electrons. The van der Waals surface area contributed by atoms with Crippen LogP contribution in [0.25, 0.3) is 11.2 Å². The van der Waals surface area contributed by atoms with Crippen molar-refractivity contribution in [3.05, 3.63) is 48.0 Å². The van der Waals surface area contributed by atoms with E-state index in [1.165, 1.54) is 24.8 Å². The smallest absolute Gasteiger partial charge is 0.224 e. The lowest BCUT2D eigenvalue weighted by molar-refractivity contribution is -0.125. The summed E-state index contributed by atoms with van der Waals surface area (Å²) >= 11 is 0. The van der Waals surface area contributed by atoms with E-state index in [0.29, 0.717) is 13.1 Å². The quantitative estimate of drug-likeness (QED) is 0.689. The second-order valence-corrected chi connectivity index (χ2v) is 8.67. The van der Waals surface area contributed by atoms with Gasteiger partial charge in [-0.15, -0.1) is 0 Å². The molecule has 1 N–H and O–H groups in total. The van der Waals surface area contributed by atoms with Crippen molar-refractivity contribution >= 4 is 22.9 Å². The van der Waals surface area contributed by atoms with E-state index in [4.69, 9.17) is 4.98 Å². The molecule has 162 valence electrons. The van der Waals surface area contributed by atoms with Gasteiger partial charge < -0.3 is 14.8 Å². The van der Waals surface area contributed by atoms with E-state index in [1.807, 2.05) is 18.2 Å². The highest BCUT2D eigenvalue weighted by atomic mass is 16.1. The molecule has 1 atom stereocenters. The maximum atomic E-state index is 12.8. The van der Waals surface area contributed by atoms with Gasteiger partial charge in [0, 0.05) is 32.6 Å². The zero-order valence-electron chi connectivity index (χ0n) is 18.0. The molecule has 5 rings (SSSR count). The summed E-state index contributed by atoms with van der Waals surface area (Å²) in [5.74, 6) is 2.13. The van der Waals surface area contributed by atoms with Crippen LogP contribution in [0.1, 0.15) is 43.5 Å². The lowest BCUT2D eigenvalue weighted by atomic mass is 9.97. The maximum absolute atomic E-state index is 12.8. The van der Waals surface area contributed by atoms with Gasteiger partial charge in [-0.05, 0) is 37.7 Å². The second-order valence-electron chi connectivity index (χ2n) is 8.67. The molecule has 2 aliphatic rings. The number of hydrogen-bond donors (Lipinski definition) is 1. The van der Waals surface area contributed by atoms with Crippen molar-refractivity contribution < 1.29 is 4.79 Å². The number of nitrogens with one attached hydrogen (secondary N) is 1. The number of anilines is 1. The third kappa shape index (κ3) is 4.27.